The van der Waals surface area contributed by atoms with Crippen LogP contribution >= 0.6 is 11.6 Å². The maximum Gasteiger partial charge on any atom is 0.264 e. The van der Waals surface area contributed by atoms with E-state index >= 15 is 0 Å². The molecule has 176 valence electrons. The number of anilines is 2. The minimum atomic E-state index is -4.04. The number of para-hydroxylation sites is 1. The summed E-state index contributed by atoms with van der Waals surface area (Å²) in [6, 6.07) is 26.0. The van der Waals surface area contributed by atoms with E-state index < -0.39 is 22.5 Å². The summed E-state index contributed by atoms with van der Waals surface area (Å²) in [6.45, 7) is 1.29. The Balaban J connectivity index is 1.48. The highest BCUT2D eigenvalue weighted by Gasteiger charge is 2.28. The van der Waals surface area contributed by atoms with Gasteiger partial charge >= 0.3 is 0 Å². The molecule has 0 unspecified atom stereocenters. The smallest absolute Gasteiger partial charge is 0.264 e. The zero-order chi connectivity index (χ0) is 24.6. The van der Waals surface area contributed by atoms with Gasteiger partial charge in [-0.1, -0.05) is 54.1 Å². The lowest BCUT2D eigenvalue weighted by Crippen LogP contribution is -2.38. The number of hydrogen-bond donors (Lipinski definition) is 1. The standard InChI is InChI=1S/C27H21ClN2O4S/c1-18-23(28)11-7-12-24(18)30(35(32,33)20-8-3-2-4-9-20)17-27(31)29-19-14-15-22-21-10-5-6-13-25(21)34-26(22)16-19/h2-16H,17H2,1H3,(H,29,31). The first kappa shape index (κ1) is 23.0. The summed E-state index contributed by atoms with van der Waals surface area (Å²) < 4.78 is 34.1. The number of sulfonamides is 1. The molecule has 6 nitrogen and oxygen atoms in total. The van der Waals surface area contributed by atoms with Crippen molar-refractivity contribution in [1.29, 1.82) is 0 Å². The van der Waals surface area contributed by atoms with Gasteiger partial charge in [-0.2, -0.15) is 0 Å². The molecule has 0 fully saturated rings. The van der Waals surface area contributed by atoms with Crippen LogP contribution in [-0.4, -0.2) is 20.9 Å². The number of carbonyl (C=O) groups is 1. The molecular weight excluding hydrogens is 484 g/mol. The van der Waals surface area contributed by atoms with Crippen LogP contribution in [0.1, 0.15) is 5.56 Å². The Hall–Kier alpha value is -3.81. The fourth-order valence-corrected chi connectivity index (χ4v) is 5.69. The van der Waals surface area contributed by atoms with Crippen LogP contribution in [0.15, 0.2) is 100 Å². The summed E-state index contributed by atoms with van der Waals surface area (Å²) in [4.78, 5) is 13.2. The van der Waals surface area contributed by atoms with Crippen LogP contribution in [0.3, 0.4) is 0 Å². The highest BCUT2D eigenvalue weighted by molar-refractivity contribution is 7.92. The van der Waals surface area contributed by atoms with E-state index in [0.717, 1.165) is 20.7 Å². The highest BCUT2D eigenvalue weighted by atomic mass is 35.5. The Bertz CT molecular complexity index is 1660. The number of rotatable bonds is 6. The Morgan fingerprint density at radius 1 is 0.886 bits per heavy atom. The van der Waals surface area contributed by atoms with Crippen molar-refractivity contribution >= 4 is 60.8 Å². The van der Waals surface area contributed by atoms with Crippen molar-refractivity contribution in [2.75, 3.05) is 16.2 Å². The number of amides is 1. The van der Waals surface area contributed by atoms with Crippen LogP contribution in [0, 0.1) is 6.92 Å². The third-order valence-corrected chi connectivity index (χ3v) is 7.97. The minimum Gasteiger partial charge on any atom is -0.456 e. The summed E-state index contributed by atoms with van der Waals surface area (Å²) in [6.07, 6.45) is 0. The molecular formula is C27H21ClN2O4S. The maximum atomic E-state index is 13.5. The second-order valence-electron chi connectivity index (χ2n) is 8.07. The average Bonchev–Trinajstić information content (AvgIpc) is 3.23. The quantitative estimate of drug-likeness (QED) is 0.291. The van der Waals surface area contributed by atoms with Crippen molar-refractivity contribution < 1.29 is 17.6 Å². The number of benzene rings is 4. The minimum absolute atomic E-state index is 0.0795. The zero-order valence-corrected chi connectivity index (χ0v) is 20.3. The predicted octanol–water partition coefficient (Wildman–Crippen LogP) is 6.38. The summed E-state index contributed by atoms with van der Waals surface area (Å²) >= 11 is 6.28. The van der Waals surface area contributed by atoms with Gasteiger partial charge in [-0.15, -0.1) is 0 Å². The van der Waals surface area contributed by atoms with Gasteiger partial charge in [-0.05, 0) is 55.0 Å². The van der Waals surface area contributed by atoms with Gasteiger partial charge in [0.05, 0.1) is 10.6 Å². The number of halogens is 1. The fourth-order valence-electron chi connectivity index (χ4n) is 4.02. The van der Waals surface area contributed by atoms with Crippen LogP contribution in [0.5, 0.6) is 0 Å². The molecule has 0 bridgehead atoms. The van der Waals surface area contributed by atoms with Crippen molar-refractivity contribution in [3.05, 3.63) is 102 Å². The van der Waals surface area contributed by atoms with E-state index in [2.05, 4.69) is 5.32 Å². The molecule has 35 heavy (non-hydrogen) atoms. The topological polar surface area (TPSA) is 79.6 Å². The molecule has 0 radical (unpaired) electrons. The van der Waals surface area contributed by atoms with Crippen LogP contribution in [0.4, 0.5) is 11.4 Å². The molecule has 5 rings (SSSR count). The first-order valence-corrected chi connectivity index (χ1v) is 12.7. The molecule has 4 aromatic carbocycles. The molecule has 5 aromatic rings. The lowest BCUT2D eigenvalue weighted by atomic mass is 10.1. The lowest BCUT2D eigenvalue weighted by Gasteiger charge is -2.26. The number of nitrogens with one attached hydrogen (secondary N) is 1. The van der Waals surface area contributed by atoms with Crippen LogP contribution in [0.2, 0.25) is 5.02 Å². The second-order valence-corrected chi connectivity index (χ2v) is 10.3. The van der Waals surface area contributed by atoms with E-state index in [1.54, 1.807) is 55.5 Å². The molecule has 1 heterocycles. The maximum absolute atomic E-state index is 13.5. The first-order valence-electron chi connectivity index (χ1n) is 10.9. The lowest BCUT2D eigenvalue weighted by molar-refractivity contribution is -0.114. The molecule has 0 saturated heterocycles. The molecule has 8 heteroatoms. The van der Waals surface area contributed by atoms with Gasteiger partial charge in [0.1, 0.15) is 17.7 Å². The number of carbonyl (C=O) groups excluding carboxylic acids is 1. The number of nitrogens with zero attached hydrogens (tertiary/aromatic N) is 1. The molecule has 0 aliphatic carbocycles. The van der Waals surface area contributed by atoms with Gasteiger partial charge in [0.15, 0.2) is 0 Å². The van der Waals surface area contributed by atoms with Gasteiger partial charge in [-0.3, -0.25) is 9.10 Å². The van der Waals surface area contributed by atoms with Crippen molar-refractivity contribution in [2.45, 2.75) is 11.8 Å². The number of hydrogen-bond acceptors (Lipinski definition) is 4. The monoisotopic (exact) mass is 504 g/mol. The average molecular weight is 505 g/mol. The molecule has 0 aliphatic rings. The highest BCUT2D eigenvalue weighted by Crippen LogP contribution is 2.32. The molecule has 0 atom stereocenters. The van der Waals surface area contributed by atoms with Gasteiger partial charge < -0.3 is 9.73 Å². The van der Waals surface area contributed by atoms with E-state index in [9.17, 15) is 13.2 Å². The van der Waals surface area contributed by atoms with E-state index in [1.165, 1.54) is 12.1 Å². The van der Waals surface area contributed by atoms with Crippen molar-refractivity contribution in [3.63, 3.8) is 0 Å². The van der Waals surface area contributed by atoms with Crippen molar-refractivity contribution in [1.82, 2.24) is 0 Å². The van der Waals surface area contributed by atoms with Crippen molar-refractivity contribution in [3.8, 4) is 0 Å². The van der Waals surface area contributed by atoms with E-state index in [4.69, 9.17) is 16.0 Å². The largest absolute Gasteiger partial charge is 0.456 e. The fraction of sp³-hybridized carbons (Fsp3) is 0.0741. The molecule has 0 saturated carbocycles. The van der Waals surface area contributed by atoms with Crippen LogP contribution in [0.25, 0.3) is 21.9 Å². The zero-order valence-electron chi connectivity index (χ0n) is 18.7. The normalized spacial score (nSPS) is 11.6. The molecule has 0 spiro atoms. The van der Waals surface area contributed by atoms with Gasteiger partial charge in [0.2, 0.25) is 5.91 Å². The molecule has 1 N–H and O–H groups in total. The Labute approximate surface area is 207 Å². The Morgan fingerprint density at radius 2 is 1.60 bits per heavy atom. The van der Waals surface area contributed by atoms with Crippen LogP contribution in [-0.2, 0) is 14.8 Å². The first-order chi connectivity index (χ1) is 16.8. The summed E-state index contributed by atoms with van der Waals surface area (Å²) in [5.41, 5.74) is 2.78. The van der Waals surface area contributed by atoms with E-state index in [-0.39, 0.29) is 4.90 Å². The van der Waals surface area contributed by atoms with Gasteiger partial charge in [0, 0.05) is 27.5 Å². The van der Waals surface area contributed by atoms with Gasteiger partial charge in [-0.25, -0.2) is 8.42 Å². The predicted molar refractivity (Wildman–Crippen MR) is 140 cm³/mol. The van der Waals surface area contributed by atoms with Crippen molar-refractivity contribution in [2.24, 2.45) is 0 Å². The van der Waals surface area contributed by atoms with Gasteiger partial charge in [0.25, 0.3) is 10.0 Å². The molecule has 1 aromatic heterocycles. The number of furan rings is 1. The Kier molecular flexibility index (Phi) is 5.96. The summed E-state index contributed by atoms with van der Waals surface area (Å²) in [5.74, 6) is -0.501. The van der Waals surface area contributed by atoms with Crippen LogP contribution < -0.4 is 9.62 Å². The summed E-state index contributed by atoms with van der Waals surface area (Å²) in [5, 5.41) is 5.12. The summed E-state index contributed by atoms with van der Waals surface area (Å²) in [7, 11) is -4.04. The third-order valence-electron chi connectivity index (χ3n) is 5.79. The molecule has 1 amide bonds. The SMILES string of the molecule is Cc1c(Cl)cccc1N(CC(=O)Nc1ccc2c(c1)oc1ccccc12)S(=O)(=O)c1ccccc1. The second kappa shape index (κ2) is 9.09. The van der Waals surface area contributed by atoms with E-state index in [0.29, 0.717) is 27.5 Å². The number of fused-ring (bicyclic) bond motifs is 3. The molecule has 0 aliphatic heterocycles. The Morgan fingerprint density at radius 3 is 2.40 bits per heavy atom. The third kappa shape index (κ3) is 4.36. The van der Waals surface area contributed by atoms with E-state index in [1.807, 2.05) is 30.3 Å².